The van der Waals surface area contributed by atoms with Crippen molar-refractivity contribution in [3.05, 3.63) is 240 Å². The first-order chi connectivity index (χ1) is 52.5. The zero-order valence-electron chi connectivity index (χ0n) is 66.7. The van der Waals surface area contributed by atoms with Crippen LogP contribution >= 0.6 is 47.8 Å². The highest BCUT2D eigenvalue weighted by molar-refractivity contribution is 9.11. The lowest BCUT2D eigenvalue weighted by molar-refractivity contribution is -0.138. The van der Waals surface area contributed by atoms with Gasteiger partial charge in [-0.25, -0.2) is 18.0 Å². The van der Waals surface area contributed by atoms with Gasteiger partial charge in [-0.05, 0) is 307 Å². The largest absolute Gasteiger partial charge is 0.495 e. The zero-order chi connectivity index (χ0) is 80.3. The van der Waals surface area contributed by atoms with Crippen LogP contribution in [0, 0.1) is 72.8 Å². The number of Topliss-reactive ketones (excluding diaryl/α,β-unsaturated/α-hetero) is 3. The molecule has 2 saturated heterocycles. The summed E-state index contributed by atoms with van der Waals surface area (Å²) < 4.78 is 90.5. The molecule has 3 aliphatic carbocycles. The summed E-state index contributed by atoms with van der Waals surface area (Å²) in [5.41, 5.74) is 24.8. The minimum atomic E-state index is -0.541. The molecule has 9 aliphatic rings. The molecule has 16 rings (SSSR count). The number of ketones is 3. The average Bonchev–Trinajstić information content (AvgIpc) is 1.67. The summed E-state index contributed by atoms with van der Waals surface area (Å²) in [6, 6.07) is 26.6. The number of hydrogen-bond acceptors (Lipinski definition) is 12. The molecule has 6 aliphatic heterocycles. The van der Waals surface area contributed by atoms with Gasteiger partial charge in [0.05, 0.1) is 85.3 Å². The summed E-state index contributed by atoms with van der Waals surface area (Å²) in [6.45, 7) is 37.8. The van der Waals surface area contributed by atoms with Crippen LogP contribution in [0.2, 0.25) is 0 Å². The molecule has 0 unspecified atom stereocenters. The Morgan fingerprint density at radius 1 is 0.360 bits per heavy atom. The quantitative estimate of drug-likeness (QED) is 0.111. The first-order valence-electron chi connectivity index (χ1n) is 38.3. The maximum Gasteiger partial charge on any atom is 0.495 e. The number of aryl methyl sites for hydroxylation is 8. The van der Waals surface area contributed by atoms with E-state index in [1.165, 1.54) is 77.1 Å². The molecule has 12 nitrogen and oxygen atoms in total. The Bertz CT molecular complexity index is 4830. The Labute approximate surface area is 678 Å². The molecule has 0 saturated carbocycles. The van der Waals surface area contributed by atoms with E-state index in [1.807, 2.05) is 47.6 Å². The van der Waals surface area contributed by atoms with Crippen molar-refractivity contribution in [2.75, 3.05) is 46.2 Å². The number of rotatable bonds is 7. The normalized spacial score (nSPS) is 18.8. The number of esters is 1. The van der Waals surface area contributed by atoms with Crippen LogP contribution in [-0.4, -0.2) is 106 Å². The third-order valence-electron chi connectivity index (χ3n) is 22.9. The lowest BCUT2D eigenvalue weighted by Gasteiger charge is -2.32. The van der Waals surface area contributed by atoms with Crippen LogP contribution in [0.15, 0.2) is 128 Å². The number of hydrogen-bond donors (Lipinski definition) is 0. The molecule has 7 aromatic carbocycles. The SMILES string of the molecule is CC1(C)OB(C2=CCOCC2)OC1(C)C.CC1(C)OB(c2ccc(F)c3c2CCC3=O)OC1(C)C.Cc1cc(Br)cc(C)c1Br.Cc1cc(C2=CC(=O)OCC2)cc(C)c1-c1ccc(F)c2c1CCC2=O.Cc1cc(C2=CCOCC2)cc(C)c1-c1ccc(F)c2c1CCC2=O.Cc1cc(C2=CCOCC2)cc(C)c1Br. The number of halogens is 6. The minimum absolute atomic E-state index is 0.0753. The molecule has 0 bridgehead atoms. The molecule has 2 fully saturated rings. The second-order valence-electron chi connectivity index (χ2n) is 31.9. The van der Waals surface area contributed by atoms with Gasteiger partial charge in [0.15, 0.2) is 17.3 Å². The van der Waals surface area contributed by atoms with Crippen molar-refractivity contribution >= 4 is 108 Å². The molecule has 0 amide bonds. The fourth-order valence-corrected chi connectivity index (χ4v) is 16.7. The molecule has 111 heavy (non-hydrogen) atoms. The molecule has 0 N–H and O–H groups in total. The summed E-state index contributed by atoms with van der Waals surface area (Å²) in [7, 11) is -0.723. The predicted molar refractivity (Wildman–Crippen MR) is 448 cm³/mol. The highest BCUT2D eigenvalue weighted by atomic mass is 79.9. The molecular weight excluding hydrogens is 1600 g/mol. The smallest absolute Gasteiger partial charge is 0.462 e. The van der Waals surface area contributed by atoms with Gasteiger partial charge in [-0.1, -0.05) is 121 Å². The molecule has 0 aromatic heterocycles. The van der Waals surface area contributed by atoms with E-state index in [4.69, 9.17) is 37.6 Å². The van der Waals surface area contributed by atoms with Gasteiger partial charge < -0.3 is 37.6 Å². The number of ether oxygens (including phenoxy) is 4. The van der Waals surface area contributed by atoms with Crippen molar-refractivity contribution < 1.29 is 69.9 Å². The molecule has 7 aromatic rings. The molecule has 6 heterocycles. The van der Waals surface area contributed by atoms with Crippen LogP contribution in [0.1, 0.15) is 209 Å². The van der Waals surface area contributed by atoms with Crippen molar-refractivity contribution in [3.63, 3.8) is 0 Å². The van der Waals surface area contributed by atoms with E-state index in [0.717, 1.165) is 128 Å². The van der Waals surface area contributed by atoms with Gasteiger partial charge in [-0.3, -0.25) is 14.4 Å². The Hall–Kier alpha value is -6.94. The van der Waals surface area contributed by atoms with Crippen molar-refractivity contribution in [1.29, 1.82) is 0 Å². The Kier molecular flexibility index (Phi) is 27.1. The van der Waals surface area contributed by atoms with Crippen molar-refractivity contribution in [2.45, 2.75) is 197 Å². The molecule has 0 radical (unpaired) electrons. The average molecular weight is 1700 g/mol. The topological polar surface area (TPSA) is 142 Å². The molecule has 0 atom stereocenters. The van der Waals surface area contributed by atoms with Crippen LogP contribution in [0.4, 0.5) is 13.2 Å². The van der Waals surface area contributed by atoms with E-state index in [1.54, 1.807) is 18.2 Å². The Balaban J connectivity index is 0.000000135. The highest BCUT2D eigenvalue weighted by Gasteiger charge is 2.54. The third-order valence-corrected chi connectivity index (χ3v) is 25.9. The van der Waals surface area contributed by atoms with Gasteiger partial charge in [-0.2, -0.15) is 0 Å². The molecule has 20 heteroatoms. The Morgan fingerprint density at radius 3 is 1.09 bits per heavy atom. The van der Waals surface area contributed by atoms with E-state index in [-0.39, 0.29) is 58.6 Å². The molecular formula is C91H100B2Br3F3O12. The van der Waals surface area contributed by atoms with Crippen LogP contribution < -0.4 is 5.46 Å². The second-order valence-corrected chi connectivity index (χ2v) is 34.4. The fourth-order valence-electron chi connectivity index (χ4n) is 15.6. The summed E-state index contributed by atoms with van der Waals surface area (Å²) in [6.07, 6.45) is 14.4. The number of carbonyl (C=O) groups is 4. The van der Waals surface area contributed by atoms with Gasteiger partial charge in [0.25, 0.3) is 0 Å². The van der Waals surface area contributed by atoms with Crippen LogP contribution in [0.25, 0.3) is 39.0 Å². The van der Waals surface area contributed by atoms with E-state index >= 15 is 0 Å². The van der Waals surface area contributed by atoms with Gasteiger partial charge in [0.2, 0.25) is 0 Å². The van der Waals surface area contributed by atoms with E-state index < -0.39 is 30.0 Å². The van der Waals surface area contributed by atoms with Gasteiger partial charge in [-0.15, -0.1) is 0 Å². The minimum Gasteiger partial charge on any atom is -0.462 e. The fraction of sp³-hybridized carbons (Fsp3) is 0.407. The lowest BCUT2D eigenvalue weighted by atomic mass is 9.75. The summed E-state index contributed by atoms with van der Waals surface area (Å²) in [5.74, 6) is -1.88. The second kappa shape index (κ2) is 35.4. The van der Waals surface area contributed by atoms with Gasteiger partial charge in [0.1, 0.15) is 17.5 Å². The number of carbonyl (C=O) groups excluding carboxylic acids is 4. The number of benzene rings is 7. The summed E-state index contributed by atoms with van der Waals surface area (Å²) >= 11 is 10.5. The molecule has 0 spiro atoms. The van der Waals surface area contributed by atoms with Crippen molar-refractivity contribution in [1.82, 2.24) is 0 Å². The predicted octanol–water partition coefficient (Wildman–Crippen LogP) is 21.5. The number of cyclic esters (lactones) is 1. The monoisotopic (exact) mass is 1700 g/mol. The van der Waals surface area contributed by atoms with Crippen LogP contribution in [0.3, 0.4) is 0 Å². The molecule has 584 valence electrons. The number of fused-ring (bicyclic) bond motifs is 3. The maximum atomic E-state index is 14.1. The lowest BCUT2D eigenvalue weighted by Crippen LogP contribution is -2.41. The third kappa shape index (κ3) is 19.0. The van der Waals surface area contributed by atoms with Crippen LogP contribution in [0.5, 0.6) is 0 Å². The van der Waals surface area contributed by atoms with Crippen molar-refractivity contribution in [2.24, 2.45) is 0 Å². The van der Waals surface area contributed by atoms with E-state index in [2.05, 4.69) is 184 Å². The van der Waals surface area contributed by atoms with Crippen LogP contribution in [-0.2, 0) is 61.6 Å². The Morgan fingerprint density at radius 2 is 0.703 bits per heavy atom. The maximum absolute atomic E-state index is 14.1. The van der Waals surface area contributed by atoms with Crippen molar-refractivity contribution in [3.8, 4) is 22.3 Å². The summed E-state index contributed by atoms with van der Waals surface area (Å²) in [4.78, 5) is 47.4. The van der Waals surface area contributed by atoms with E-state index in [0.29, 0.717) is 70.3 Å². The highest BCUT2D eigenvalue weighted by Crippen LogP contribution is 2.44. The standard InChI is InChI=1S/C22H19FO3.C22H21FO2.C15H18BFO3.C13H15BrO.C11H19BO3.C8H8Br2/c1-12-9-15(14-7-8-26-20(25)11-14)10-13(2)21(12)16-3-5-18(23)22-17(16)4-6-19(22)24;1-13-11-16(15-7-9-25-10-8-15)12-14(2)21(13)17-3-5-19(23)22-18(17)4-6-20(22)24;1-14(2)15(3,4)20-16(19-14)10-6-7-11(17)13-9(10)5-8-12(13)18;1-9-7-12(8-10(2)13(9)14)11-3-5-15-6-4-11;1-10(2)11(3,4)15-12(14-10)9-5-7-13-8-6-9;1-5-3-7(9)4-6(2)8(5)10/h3,5,9-11H,4,6-8H2,1-2H3;3,5,7,11-12H,4,6,8-10H2,1-2H3;6-7H,5,8H2,1-4H3;3,7-8H,4-6H2,1-2H3;5H,6-8H2,1-4H3;3-4H,1-2H3. The zero-order valence-corrected chi connectivity index (χ0v) is 71.5. The first-order valence-corrected chi connectivity index (χ1v) is 40.7. The first kappa shape index (κ1) is 85.0. The van der Waals surface area contributed by atoms with Gasteiger partial charge >= 0.3 is 20.2 Å². The summed E-state index contributed by atoms with van der Waals surface area (Å²) in [5, 5.41) is 0. The van der Waals surface area contributed by atoms with E-state index in [9.17, 15) is 32.3 Å². The van der Waals surface area contributed by atoms with Gasteiger partial charge in [0, 0.05) is 45.2 Å².